The van der Waals surface area contributed by atoms with Crippen molar-refractivity contribution in [1.82, 2.24) is 4.90 Å². The molecule has 0 atom stereocenters. The Bertz CT molecular complexity index is 415. The maximum Gasteiger partial charge on any atom is 0.253 e. The highest BCUT2D eigenvalue weighted by Gasteiger charge is 2.19. The van der Waals surface area contributed by atoms with Crippen LogP contribution >= 0.6 is 0 Å². The number of rotatable bonds is 2. The molecule has 1 aliphatic heterocycles. The molecule has 0 bridgehead atoms. The minimum Gasteiger partial charge on any atom is -0.454 e. The summed E-state index contributed by atoms with van der Waals surface area (Å²) in [4.78, 5) is 13.7. The van der Waals surface area contributed by atoms with Gasteiger partial charge in [0.05, 0.1) is 0 Å². The van der Waals surface area contributed by atoms with Crippen LogP contribution in [0.4, 0.5) is 0 Å². The molecule has 0 radical (unpaired) electrons. The van der Waals surface area contributed by atoms with Crippen molar-refractivity contribution in [2.75, 3.05) is 13.8 Å². The van der Waals surface area contributed by atoms with Gasteiger partial charge in [-0.2, -0.15) is 0 Å². The minimum atomic E-state index is -0.00620. The predicted octanol–water partition coefficient (Wildman–Crippen LogP) is 1.90. The Labute approximate surface area is 94.8 Å². The lowest BCUT2D eigenvalue weighted by Crippen LogP contribution is -2.32. The molecule has 16 heavy (non-hydrogen) atoms. The number of hydrogen-bond acceptors (Lipinski definition) is 3. The number of ether oxygens (including phenoxy) is 2. The second-order valence-corrected chi connectivity index (χ2v) is 4.08. The molecule has 86 valence electrons. The van der Waals surface area contributed by atoms with E-state index < -0.39 is 0 Å². The van der Waals surface area contributed by atoms with E-state index in [1.807, 2.05) is 13.8 Å². The Morgan fingerprint density at radius 2 is 2.00 bits per heavy atom. The molecular formula is C12H15NO3. The van der Waals surface area contributed by atoms with Gasteiger partial charge in [0, 0.05) is 18.7 Å². The van der Waals surface area contributed by atoms with Crippen LogP contribution in [-0.2, 0) is 0 Å². The van der Waals surface area contributed by atoms with Gasteiger partial charge in [0.1, 0.15) is 0 Å². The van der Waals surface area contributed by atoms with E-state index in [4.69, 9.17) is 9.47 Å². The van der Waals surface area contributed by atoms with E-state index in [2.05, 4.69) is 0 Å². The first-order valence-electron chi connectivity index (χ1n) is 5.26. The van der Waals surface area contributed by atoms with Crippen LogP contribution < -0.4 is 9.47 Å². The van der Waals surface area contributed by atoms with E-state index in [0.29, 0.717) is 17.1 Å². The SMILES string of the molecule is CC(C)N(C)C(=O)c1ccc2c(c1)OCO2. The fourth-order valence-electron chi connectivity index (χ4n) is 1.47. The number of carbonyl (C=O) groups excluding carboxylic acids is 1. The van der Waals surface area contributed by atoms with Crippen molar-refractivity contribution >= 4 is 5.91 Å². The maximum absolute atomic E-state index is 12.0. The van der Waals surface area contributed by atoms with Crippen LogP contribution in [-0.4, -0.2) is 30.7 Å². The third-order valence-corrected chi connectivity index (χ3v) is 2.71. The molecule has 0 spiro atoms. The van der Waals surface area contributed by atoms with Gasteiger partial charge in [-0.1, -0.05) is 0 Å². The smallest absolute Gasteiger partial charge is 0.253 e. The third-order valence-electron chi connectivity index (χ3n) is 2.71. The number of hydrogen-bond donors (Lipinski definition) is 0. The summed E-state index contributed by atoms with van der Waals surface area (Å²) in [5, 5.41) is 0. The highest BCUT2D eigenvalue weighted by atomic mass is 16.7. The minimum absolute atomic E-state index is 0.00620. The summed E-state index contributed by atoms with van der Waals surface area (Å²) in [7, 11) is 1.79. The summed E-state index contributed by atoms with van der Waals surface area (Å²) in [6, 6.07) is 5.43. The van der Waals surface area contributed by atoms with Gasteiger partial charge in [-0.05, 0) is 32.0 Å². The van der Waals surface area contributed by atoms with Gasteiger partial charge in [0.25, 0.3) is 5.91 Å². The Kier molecular flexibility index (Phi) is 2.73. The van der Waals surface area contributed by atoms with Crippen LogP contribution in [0.15, 0.2) is 18.2 Å². The molecular weight excluding hydrogens is 206 g/mol. The Morgan fingerprint density at radius 1 is 1.31 bits per heavy atom. The number of fused-ring (bicyclic) bond motifs is 1. The number of carbonyl (C=O) groups is 1. The Balaban J connectivity index is 2.25. The van der Waals surface area contributed by atoms with E-state index >= 15 is 0 Å². The normalized spacial score (nSPS) is 13.0. The van der Waals surface area contributed by atoms with Crippen LogP contribution in [0, 0.1) is 0 Å². The van der Waals surface area contributed by atoms with E-state index in [-0.39, 0.29) is 18.7 Å². The van der Waals surface area contributed by atoms with E-state index in [9.17, 15) is 4.79 Å². The molecule has 0 saturated carbocycles. The number of amides is 1. The van der Waals surface area contributed by atoms with Gasteiger partial charge in [-0.15, -0.1) is 0 Å². The molecule has 1 aliphatic rings. The average Bonchev–Trinajstić information content (AvgIpc) is 2.73. The van der Waals surface area contributed by atoms with Crippen LogP contribution in [0.2, 0.25) is 0 Å². The zero-order valence-electron chi connectivity index (χ0n) is 9.69. The molecule has 4 heteroatoms. The topological polar surface area (TPSA) is 38.8 Å². The highest BCUT2D eigenvalue weighted by molar-refractivity contribution is 5.95. The van der Waals surface area contributed by atoms with Gasteiger partial charge in [0.2, 0.25) is 6.79 Å². The molecule has 1 aromatic rings. The van der Waals surface area contributed by atoms with Crippen molar-refractivity contribution in [2.24, 2.45) is 0 Å². The van der Waals surface area contributed by atoms with Crippen molar-refractivity contribution in [3.8, 4) is 11.5 Å². The zero-order chi connectivity index (χ0) is 11.7. The first kappa shape index (κ1) is 10.8. The largest absolute Gasteiger partial charge is 0.454 e. The second-order valence-electron chi connectivity index (χ2n) is 4.08. The summed E-state index contributed by atoms with van der Waals surface area (Å²) in [6.45, 7) is 4.18. The summed E-state index contributed by atoms with van der Waals surface area (Å²) in [5.74, 6) is 1.33. The molecule has 0 fully saturated rings. The van der Waals surface area contributed by atoms with Crippen LogP contribution in [0.3, 0.4) is 0 Å². The molecule has 1 aromatic carbocycles. The number of benzene rings is 1. The lowest BCUT2D eigenvalue weighted by molar-refractivity contribution is 0.0754. The first-order valence-corrected chi connectivity index (χ1v) is 5.26. The van der Waals surface area contributed by atoms with E-state index in [1.165, 1.54) is 0 Å². The zero-order valence-corrected chi connectivity index (χ0v) is 9.69. The Hall–Kier alpha value is -1.71. The molecule has 1 amide bonds. The fraction of sp³-hybridized carbons (Fsp3) is 0.417. The van der Waals surface area contributed by atoms with Gasteiger partial charge in [-0.3, -0.25) is 4.79 Å². The molecule has 2 rings (SSSR count). The summed E-state index contributed by atoms with van der Waals surface area (Å²) < 4.78 is 10.4. The Morgan fingerprint density at radius 3 is 2.69 bits per heavy atom. The van der Waals surface area contributed by atoms with Gasteiger partial charge in [0.15, 0.2) is 11.5 Å². The first-order chi connectivity index (χ1) is 7.59. The average molecular weight is 221 g/mol. The fourth-order valence-corrected chi connectivity index (χ4v) is 1.47. The number of nitrogens with zero attached hydrogens (tertiary/aromatic N) is 1. The van der Waals surface area contributed by atoms with Crippen molar-refractivity contribution in [1.29, 1.82) is 0 Å². The van der Waals surface area contributed by atoms with Crippen LogP contribution in [0.1, 0.15) is 24.2 Å². The monoisotopic (exact) mass is 221 g/mol. The standard InChI is InChI=1S/C12H15NO3/c1-8(2)13(3)12(14)9-4-5-10-11(6-9)16-7-15-10/h4-6,8H,7H2,1-3H3. The van der Waals surface area contributed by atoms with Crippen LogP contribution in [0.5, 0.6) is 11.5 Å². The van der Waals surface area contributed by atoms with E-state index in [1.54, 1.807) is 30.1 Å². The highest BCUT2D eigenvalue weighted by Crippen LogP contribution is 2.32. The van der Waals surface area contributed by atoms with Crippen molar-refractivity contribution in [3.63, 3.8) is 0 Å². The van der Waals surface area contributed by atoms with Gasteiger partial charge >= 0.3 is 0 Å². The molecule has 0 aromatic heterocycles. The molecule has 0 N–H and O–H groups in total. The summed E-state index contributed by atoms with van der Waals surface area (Å²) >= 11 is 0. The predicted molar refractivity (Wildman–Crippen MR) is 59.8 cm³/mol. The lowest BCUT2D eigenvalue weighted by atomic mass is 10.1. The van der Waals surface area contributed by atoms with E-state index in [0.717, 1.165) is 0 Å². The van der Waals surface area contributed by atoms with Crippen molar-refractivity contribution in [3.05, 3.63) is 23.8 Å². The maximum atomic E-state index is 12.0. The van der Waals surface area contributed by atoms with Crippen LogP contribution in [0.25, 0.3) is 0 Å². The quantitative estimate of drug-likeness (QED) is 0.765. The van der Waals surface area contributed by atoms with Crippen molar-refractivity contribution < 1.29 is 14.3 Å². The summed E-state index contributed by atoms with van der Waals surface area (Å²) in [5.41, 5.74) is 0.625. The molecule has 1 heterocycles. The third kappa shape index (κ3) is 1.83. The molecule has 4 nitrogen and oxygen atoms in total. The lowest BCUT2D eigenvalue weighted by Gasteiger charge is -2.21. The van der Waals surface area contributed by atoms with Gasteiger partial charge < -0.3 is 14.4 Å². The second kappa shape index (κ2) is 4.04. The summed E-state index contributed by atoms with van der Waals surface area (Å²) in [6.07, 6.45) is 0. The molecule has 0 saturated heterocycles. The van der Waals surface area contributed by atoms with Gasteiger partial charge in [-0.25, -0.2) is 0 Å². The molecule has 0 unspecified atom stereocenters. The van der Waals surface area contributed by atoms with Crippen molar-refractivity contribution in [2.45, 2.75) is 19.9 Å². The molecule has 0 aliphatic carbocycles.